The first-order chi connectivity index (χ1) is 8.70. The highest BCUT2D eigenvalue weighted by molar-refractivity contribution is 5.82. The quantitative estimate of drug-likeness (QED) is 0.637. The predicted octanol–water partition coefficient (Wildman–Crippen LogP) is 0.713. The minimum absolute atomic E-state index is 0.157. The molecule has 0 aliphatic heterocycles. The van der Waals surface area contributed by atoms with E-state index < -0.39 is 12.0 Å². The lowest BCUT2D eigenvalue weighted by Gasteiger charge is -2.38. The molecule has 0 spiro atoms. The van der Waals surface area contributed by atoms with E-state index in [1.807, 2.05) is 20.8 Å². The van der Waals surface area contributed by atoms with E-state index in [2.05, 4.69) is 5.32 Å². The molecule has 1 atom stereocenters. The fraction of sp³-hybridized carbons (Fsp3) is 0.846. The normalized spacial score (nSPS) is 13.4. The van der Waals surface area contributed by atoms with Gasteiger partial charge in [-0.15, -0.1) is 0 Å². The van der Waals surface area contributed by atoms with Gasteiger partial charge in [-0.25, -0.2) is 0 Å². The van der Waals surface area contributed by atoms with E-state index >= 15 is 0 Å². The van der Waals surface area contributed by atoms with Gasteiger partial charge in [0.1, 0.15) is 0 Å². The lowest BCUT2D eigenvalue weighted by molar-refractivity contribution is -0.142. The first-order valence-corrected chi connectivity index (χ1v) is 6.45. The van der Waals surface area contributed by atoms with Crippen LogP contribution in [-0.4, -0.2) is 60.3 Å². The Hall–Kier alpha value is -1.14. The van der Waals surface area contributed by atoms with Gasteiger partial charge in [-0.05, 0) is 34.1 Å². The van der Waals surface area contributed by atoms with Crippen molar-refractivity contribution in [2.24, 2.45) is 0 Å². The van der Waals surface area contributed by atoms with Crippen LogP contribution in [0.15, 0.2) is 0 Å². The number of amides is 1. The molecule has 0 saturated heterocycles. The zero-order valence-corrected chi connectivity index (χ0v) is 12.5. The number of hydrogen-bond donors (Lipinski definition) is 2. The van der Waals surface area contributed by atoms with Crippen LogP contribution in [0.4, 0.5) is 0 Å². The van der Waals surface area contributed by atoms with Crippen LogP contribution in [0.2, 0.25) is 0 Å². The molecule has 0 aromatic heterocycles. The third-order valence-electron chi connectivity index (χ3n) is 2.84. The highest BCUT2D eigenvalue weighted by atomic mass is 16.5. The molecule has 0 heterocycles. The van der Waals surface area contributed by atoms with Crippen molar-refractivity contribution in [3.63, 3.8) is 0 Å². The van der Waals surface area contributed by atoms with Gasteiger partial charge in [-0.3, -0.25) is 14.5 Å². The molecule has 1 unspecified atom stereocenters. The SMILES string of the molecule is COCCCNC(=O)C(C)N(CC(=O)O)C(C)(C)C. The Bertz CT molecular complexity index is 300. The zero-order valence-electron chi connectivity index (χ0n) is 12.5. The molecule has 0 radical (unpaired) electrons. The van der Waals surface area contributed by atoms with Gasteiger partial charge >= 0.3 is 5.97 Å². The molecule has 0 aromatic rings. The summed E-state index contributed by atoms with van der Waals surface area (Å²) >= 11 is 0. The first kappa shape index (κ1) is 17.9. The smallest absolute Gasteiger partial charge is 0.317 e. The summed E-state index contributed by atoms with van der Waals surface area (Å²) in [4.78, 5) is 24.5. The van der Waals surface area contributed by atoms with Gasteiger partial charge in [0.15, 0.2) is 0 Å². The van der Waals surface area contributed by atoms with Crippen molar-refractivity contribution in [2.75, 3.05) is 26.8 Å². The Morgan fingerprint density at radius 1 is 1.37 bits per heavy atom. The van der Waals surface area contributed by atoms with Gasteiger partial charge < -0.3 is 15.2 Å². The summed E-state index contributed by atoms with van der Waals surface area (Å²) in [5, 5.41) is 11.7. The van der Waals surface area contributed by atoms with Crippen LogP contribution in [0.5, 0.6) is 0 Å². The largest absolute Gasteiger partial charge is 0.480 e. The molecule has 0 fully saturated rings. The van der Waals surface area contributed by atoms with Gasteiger partial charge in [-0.1, -0.05) is 0 Å². The monoisotopic (exact) mass is 274 g/mol. The minimum Gasteiger partial charge on any atom is -0.480 e. The van der Waals surface area contributed by atoms with E-state index in [0.29, 0.717) is 13.2 Å². The summed E-state index contributed by atoms with van der Waals surface area (Å²) in [7, 11) is 1.61. The Morgan fingerprint density at radius 2 is 1.95 bits per heavy atom. The Kier molecular flexibility index (Phi) is 7.63. The number of methoxy groups -OCH3 is 1. The van der Waals surface area contributed by atoms with E-state index in [1.165, 1.54) is 0 Å². The molecule has 112 valence electrons. The first-order valence-electron chi connectivity index (χ1n) is 6.45. The summed E-state index contributed by atoms with van der Waals surface area (Å²) in [5.41, 5.74) is -0.387. The number of rotatable bonds is 8. The third kappa shape index (κ3) is 7.12. The number of carboxylic acids is 1. The zero-order chi connectivity index (χ0) is 15.1. The van der Waals surface area contributed by atoms with Crippen LogP contribution in [0.25, 0.3) is 0 Å². The average molecular weight is 274 g/mol. The van der Waals surface area contributed by atoms with E-state index in [9.17, 15) is 9.59 Å². The van der Waals surface area contributed by atoms with Crippen molar-refractivity contribution in [3.8, 4) is 0 Å². The van der Waals surface area contributed by atoms with Crippen LogP contribution in [0.1, 0.15) is 34.1 Å². The molecule has 0 saturated carbocycles. The summed E-state index contributed by atoms with van der Waals surface area (Å²) < 4.78 is 4.90. The molecular weight excluding hydrogens is 248 g/mol. The van der Waals surface area contributed by atoms with E-state index in [0.717, 1.165) is 6.42 Å². The molecular formula is C13H26N2O4. The van der Waals surface area contributed by atoms with Crippen LogP contribution >= 0.6 is 0 Å². The lowest BCUT2D eigenvalue weighted by Crippen LogP contribution is -2.55. The number of nitrogens with one attached hydrogen (secondary N) is 1. The van der Waals surface area contributed by atoms with Gasteiger partial charge in [-0.2, -0.15) is 0 Å². The highest BCUT2D eigenvalue weighted by Gasteiger charge is 2.31. The predicted molar refractivity (Wildman–Crippen MR) is 73.1 cm³/mol. The van der Waals surface area contributed by atoms with Crippen LogP contribution < -0.4 is 5.32 Å². The van der Waals surface area contributed by atoms with Gasteiger partial charge in [0.25, 0.3) is 0 Å². The molecule has 0 aliphatic rings. The van der Waals surface area contributed by atoms with Crippen molar-refractivity contribution < 1.29 is 19.4 Å². The molecule has 0 rings (SSSR count). The maximum atomic E-state index is 12.0. The minimum atomic E-state index is -0.936. The summed E-state index contributed by atoms with van der Waals surface area (Å²) in [6, 6.07) is -0.487. The number of carbonyl (C=O) groups excluding carboxylic acids is 1. The van der Waals surface area contributed by atoms with Crippen molar-refractivity contribution in [1.29, 1.82) is 0 Å². The van der Waals surface area contributed by atoms with E-state index in [4.69, 9.17) is 9.84 Å². The Balaban J connectivity index is 4.49. The molecule has 6 nitrogen and oxygen atoms in total. The average Bonchev–Trinajstić information content (AvgIpc) is 2.29. The molecule has 19 heavy (non-hydrogen) atoms. The fourth-order valence-electron chi connectivity index (χ4n) is 1.82. The maximum absolute atomic E-state index is 12.0. The van der Waals surface area contributed by atoms with Gasteiger partial charge in [0.05, 0.1) is 12.6 Å². The topological polar surface area (TPSA) is 78.9 Å². The van der Waals surface area contributed by atoms with Gasteiger partial charge in [0, 0.05) is 25.8 Å². The van der Waals surface area contributed by atoms with E-state index in [-0.39, 0.29) is 18.0 Å². The van der Waals surface area contributed by atoms with Gasteiger partial charge in [0.2, 0.25) is 5.91 Å². The van der Waals surface area contributed by atoms with Crippen LogP contribution in [0, 0.1) is 0 Å². The molecule has 6 heteroatoms. The van der Waals surface area contributed by atoms with Crippen molar-refractivity contribution in [2.45, 2.75) is 45.7 Å². The van der Waals surface area contributed by atoms with Crippen LogP contribution in [-0.2, 0) is 14.3 Å². The Morgan fingerprint density at radius 3 is 2.37 bits per heavy atom. The molecule has 0 bridgehead atoms. The second-order valence-corrected chi connectivity index (χ2v) is 5.51. The number of carboxylic acid groups (broad SMARTS) is 1. The molecule has 2 N–H and O–H groups in total. The van der Waals surface area contributed by atoms with Crippen molar-refractivity contribution in [3.05, 3.63) is 0 Å². The summed E-state index contributed by atoms with van der Waals surface area (Å²) in [6.45, 7) is 8.37. The molecule has 1 amide bonds. The van der Waals surface area contributed by atoms with Crippen molar-refractivity contribution in [1.82, 2.24) is 10.2 Å². The number of nitrogens with zero attached hydrogens (tertiary/aromatic N) is 1. The number of aliphatic carboxylic acids is 1. The molecule has 0 aliphatic carbocycles. The standard InChI is InChI=1S/C13H26N2O4/c1-10(12(18)14-7-6-8-19-5)15(9-11(16)17)13(2,3)4/h10H,6-9H2,1-5H3,(H,14,18)(H,16,17). The van der Waals surface area contributed by atoms with Crippen molar-refractivity contribution >= 4 is 11.9 Å². The second-order valence-electron chi connectivity index (χ2n) is 5.51. The maximum Gasteiger partial charge on any atom is 0.317 e. The lowest BCUT2D eigenvalue weighted by atomic mass is 10.0. The third-order valence-corrected chi connectivity index (χ3v) is 2.84. The fourth-order valence-corrected chi connectivity index (χ4v) is 1.82. The molecule has 0 aromatic carbocycles. The second kappa shape index (κ2) is 8.12. The number of ether oxygens (including phenoxy) is 1. The highest BCUT2D eigenvalue weighted by Crippen LogP contribution is 2.16. The number of carbonyl (C=O) groups is 2. The summed E-state index contributed by atoms with van der Waals surface area (Å²) in [6.07, 6.45) is 0.739. The Labute approximate surface area is 115 Å². The van der Waals surface area contributed by atoms with E-state index in [1.54, 1.807) is 18.9 Å². The van der Waals surface area contributed by atoms with Crippen LogP contribution in [0.3, 0.4) is 0 Å². The number of hydrogen-bond acceptors (Lipinski definition) is 4. The summed E-state index contributed by atoms with van der Waals surface area (Å²) in [5.74, 6) is -1.10.